The maximum atomic E-state index is 12.3. The maximum absolute atomic E-state index is 12.3. The highest BCUT2D eigenvalue weighted by Crippen LogP contribution is 2.28. The lowest BCUT2D eigenvalue weighted by atomic mass is 10.2. The van der Waals surface area contributed by atoms with Crippen molar-refractivity contribution in [1.29, 1.82) is 0 Å². The molecule has 0 bridgehead atoms. The van der Waals surface area contributed by atoms with Crippen LogP contribution in [0.2, 0.25) is 0 Å². The van der Waals surface area contributed by atoms with Crippen molar-refractivity contribution in [2.75, 3.05) is 19.5 Å². The normalized spacial score (nSPS) is 10.3. The molecule has 0 saturated heterocycles. The molecule has 156 valence electrons. The average Bonchev–Trinajstić information content (AvgIpc) is 2.73. The maximum Gasteiger partial charge on any atom is 0.269 e. The van der Waals surface area contributed by atoms with Crippen LogP contribution in [-0.4, -0.2) is 31.3 Å². The van der Waals surface area contributed by atoms with Crippen LogP contribution >= 0.6 is 11.8 Å². The molecule has 0 aliphatic rings. The summed E-state index contributed by atoms with van der Waals surface area (Å²) in [6.45, 7) is 4.72. The molecule has 2 rings (SSSR count). The predicted molar refractivity (Wildman–Crippen MR) is 116 cm³/mol. The van der Waals surface area contributed by atoms with Crippen molar-refractivity contribution < 1.29 is 19.1 Å². The number of carbonyl (C=O) groups excluding carboxylic acids is 2. The zero-order valence-electron chi connectivity index (χ0n) is 17.1. The van der Waals surface area contributed by atoms with Gasteiger partial charge in [0.15, 0.2) is 11.5 Å². The highest BCUT2D eigenvalue weighted by atomic mass is 32.2. The highest BCUT2D eigenvalue weighted by molar-refractivity contribution is 7.99. The van der Waals surface area contributed by atoms with E-state index in [1.54, 1.807) is 18.2 Å². The van der Waals surface area contributed by atoms with Gasteiger partial charge in [0.1, 0.15) is 0 Å². The fourth-order valence-electron chi connectivity index (χ4n) is 2.44. The lowest BCUT2D eigenvalue weighted by molar-refractivity contribution is -0.119. The first-order valence-electron chi connectivity index (χ1n) is 9.56. The molecular weight excluding hydrogens is 388 g/mol. The Kier molecular flexibility index (Phi) is 9.37. The van der Waals surface area contributed by atoms with Gasteiger partial charge in [-0.1, -0.05) is 43.2 Å². The summed E-state index contributed by atoms with van der Waals surface area (Å²) in [7, 11) is 1.52. The third-order valence-electron chi connectivity index (χ3n) is 4.12. The van der Waals surface area contributed by atoms with Gasteiger partial charge >= 0.3 is 0 Å². The van der Waals surface area contributed by atoms with E-state index in [0.29, 0.717) is 23.7 Å². The first-order valence-corrected chi connectivity index (χ1v) is 10.7. The fraction of sp³-hybridized carbons (Fsp3) is 0.364. The summed E-state index contributed by atoms with van der Waals surface area (Å²) in [5.41, 5.74) is 7.60. The van der Waals surface area contributed by atoms with Gasteiger partial charge in [0.05, 0.1) is 19.5 Å². The molecule has 29 heavy (non-hydrogen) atoms. The Hall–Kier alpha value is -2.67. The van der Waals surface area contributed by atoms with Crippen LogP contribution in [0.3, 0.4) is 0 Å². The SMILES string of the molecule is CCCCOc1ccc(C(=O)NNC(=O)CSCc2ccc(C)cc2)cc1OC. The number of carbonyl (C=O) groups is 2. The molecular formula is C22H28N2O4S. The summed E-state index contributed by atoms with van der Waals surface area (Å²) >= 11 is 1.49. The van der Waals surface area contributed by atoms with Gasteiger partial charge < -0.3 is 9.47 Å². The largest absolute Gasteiger partial charge is 0.493 e. The highest BCUT2D eigenvalue weighted by Gasteiger charge is 2.12. The van der Waals surface area contributed by atoms with Crippen molar-refractivity contribution in [2.45, 2.75) is 32.4 Å². The number of nitrogens with one attached hydrogen (secondary N) is 2. The Labute approximate surface area is 176 Å². The number of thioether (sulfide) groups is 1. The summed E-state index contributed by atoms with van der Waals surface area (Å²) in [4.78, 5) is 24.2. The second-order valence-corrected chi connectivity index (χ2v) is 7.53. The van der Waals surface area contributed by atoms with Crippen LogP contribution in [-0.2, 0) is 10.5 Å². The summed E-state index contributed by atoms with van der Waals surface area (Å²) in [5, 5.41) is 0. The molecule has 6 nitrogen and oxygen atoms in total. The van der Waals surface area contributed by atoms with E-state index in [2.05, 4.69) is 17.8 Å². The number of hydrogen-bond acceptors (Lipinski definition) is 5. The third-order valence-corrected chi connectivity index (χ3v) is 5.12. The zero-order valence-corrected chi connectivity index (χ0v) is 17.9. The van der Waals surface area contributed by atoms with Gasteiger partial charge in [0.2, 0.25) is 5.91 Å². The van der Waals surface area contributed by atoms with Gasteiger partial charge in [-0.05, 0) is 37.1 Å². The Balaban J connectivity index is 1.78. The number of hydrogen-bond donors (Lipinski definition) is 2. The molecule has 0 aromatic heterocycles. The van der Waals surface area contributed by atoms with Crippen molar-refractivity contribution in [3.8, 4) is 11.5 Å². The van der Waals surface area contributed by atoms with Crippen LogP contribution in [0.4, 0.5) is 0 Å². The van der Waals surface area contributed by atoms with Crippen LogP contribution in [0, 0.1) is 6.92 Å². The van der Waals surface area contributed by atoms with Crippen molar-refractivity contribution in [3.05, 3.63) is 59.2 Å². The molecule has 2 aromatic rings. The van der Waals surface area contributed by atoms with E-state index in [1.807, 2.05) is 31.2 Å². The van der Waals surface area contributed by atoms with E-state index in [1.165, 1.54) is 24.4 Å². The molecule has 0 radical (unpaired) electrons. The number of unbranched alkanes of at least 4 members (excludes halogenated alkanes) is 1. The first-order chi connectivity index (χ1) is 14.0. The number of methoxy groups -OCH3 is 1. The van der Waals surface area contributed by atoms with Gasteiger partial charge in [-0.15, -0.1) is 11.8 Å². The molecule has 2 amide bonds. The number of aryl methyl sites for hydroxylation is 1. The molecule has 7 heteroatoms. The lowest BCUT2D eigenvalue weighted by Crippen LogP contribution is -2.42. The van der Waals surface area contributed by atoms with Crippen LogP contribution in [0.5, 0.6) is 11.5 Å². The second-order valence-electron chi connectivity index (χ2n) is 6.55. The van der Waals surface area contributed by atoms with Crippen molar-refractivity contribution in [1.82, 2.24) is 10.9 Å². The summed E-state index contributed by atoms with van der Waals surface area (Å²) in [6.07, 6.45) is 1.98. The standard InChI is InChI=1S/C22H28N2O4S/c1-4-5-12-28-19-11-10-18(13-20(19)27-3)22(26)24-23-21(25)15-29-14-17-8-6-16(2)7-9-17/h6-11,13H,4-5,12,14-15H2,1-3H3,(H,23,25)(H,24,26). The molecule has 0 atom stereocenters. The smallest absolute Gasteiger partial charge is 0.269 e. The van der Waals surface area contributed by atoms with Crippen molar-refractivity contribution in [2.24, 2.45) is 0 Å². The van der Waals surface area contributed by atoms with Gasteiger partial charge in [-0.3, -0.25) is 20.4 Å². The molecule has 0 fully saturated rings. The van der Waals surface area contributed by atoms with E-state index < -0.39 is 5.91 Å². The van der Waals surface area contributed by atoms with Crippen molar-refractivity contribution >= 4 is 23.6 Å². The predicted octanol–water partition coefficient (Wildman–Crippen LogP) is 3.88. The second kappa shape index (κ2) is 12.0. The Morgan fingerprint density at radius 3 is 2.48 bits per heavy atom. The van der Waals surface area contributed by atoms with Crippen molar-refractivity contribution in [3.63, 3.8) is 0 Å². The van der Waals surface area contributed by atoms with Crippen LogP contribution in [0.15, 0.2) is 42.5 Å². The minimum Gasteiger partial charge on any atom is -0.493 e. The Bertz CT molecular complexity index is 809. The Morgan fingerprint density at radius 1 is 1.03 bits per heavy atom. The molecule has 0 saturated carbocycles. The third kappa shape index (κ3) is 7.69. The lowest BCUT2D eigenvalue weighted by Gasteiger charge is -2.12. The van der Waals surface area contributed by atoms with E-state index in [0.717, 1.165) is 24.2 Å². The van der Waals surface area contributed by atoms with Crippen LogP contribution < -0.4 is 20.3 Å². The minimum absolute atomic E-state index is 0.252. The van der Waals surface area contributed by atoms with E-state index in [4.69, 9.17) is 9.47 Å². The van der Waals surface area contributed by atoms with Gasteiger partial charge in [-0.2, -0.15) is 0 Å². The monoisotopic (exact) mass is 416 g/mol. The molecule has 0 unspecified atom stereocenters. The Morgan fingerprint density at radius 2 is 1.79 bits per heavy atom. The first kappa shape index (κ1) is 22.6. The molecule has 0 heterocycles. The van der Waals surface area contributed by atoms with Crippen LogP contribution in [0.25, 0.3) is 0 Å². The van der Waals surface area contributed by atoms with Gasteiger partial charge in [0, 0.05) is 11.3 Å². The molecule has 2 N–H and O–H groups in total. The topological polar surface area (TPSA) is 76.7 Å². The quantitative estimate of drug-likeness (QED) is 0.454. The average molecular weight is 417 g/mol. The molecule has 0 aliphatic heterocycles. The number of amides is 2. The molecule has 2 aromatic carbocycles. The number of benzene rings is 2. The van der Waals surface area contributed by atoms with Gasteiger partial charge in [0.25, 0.3) is 5.91 Å². The zero-order chi connectivity index (χ0) is 21.1. The number of rotatable bonds is 10. The number of hydrazine groups is 1. The van der Waals surface area contributed by atoms with E-state index in [9.17, 15) is 9.59 Å². The summed E-state index contributed by atoms with van der Waals surface area (Å²) < 4.78 is 11.0. The molecule has 0 aliphatic carbocycles. The fourth-order valence-corrected chi connectivity index (χ4v) is 3.22. The van der Waals surface area contributed by atoms with Gasteiger partial charge in [-0.25, -0.2) is 0 Å². The number of ether oxygens (including phenoxy) is 2. The van der Waals surface area contributed by atoms with Crippen LogP contribution in [0.1, 0.15) is 41.3 Å². The van der Waals surface area contributed by atoms with E-state index in [-0.39, 0.29) is 11.7 Å². The minimum atomic E-state index is -0.416. The summed E-state index contributed by atoms with van der Waals surface area (Å²) in [6, 6.07) is 13.1. The van der Waals surface area contributed by atoms with E-state index >= 15 is 0 Å². The summed E-state index contributed by atoms with van der Waals surface area (Å²) in [5.74, 6) is 1.38. The molecule has 0 spiro atoms.